The van der Waals surface area contributed by atoms with E-state index in [1.165, 1.54) is 50.3 Å². The van der Waals surface area contributed by atoms with Crippen molar-refractivity contribution in [2.75, 3.05) is 0 Å². The van der Waals surface area contributed by atoms with Crippen molar-refractivity contribution in [3.8, 4) is 11.5 Å². The molecule has 0 atom stereocenters. The van der Waals surface area contributed by atoms with Gasteiger partial charge in [-0.1, -0.05) is 18.2 Å². The molecule has 0 amide bonds. The first-order valence-corrected chi connectivity index (χ1v) is 10.3. The summed E-state index contributed by atoms with van der Waals surface area (Å²) in [5.74, 6) is 2.28. The molecule has 0 radical (unpaired) electrons. The van der Waals surface area contributed by atoms with E-state index in [9.17, 15) is 9.18 Å². The summed E-state index contributed by atoms with van der Waals surface area (Å²) in [7, 11) is 0. The van der Waals surface area contributed by atoms with Gasteiger partial charge in [0.15, 0.2) is 11.6 Å². The zero-order chi connectivity index (χ0) is 19.3. The molecule has 28 heavy (non-hydrogen) atoms. The van der Waals surface area contributed by atoms with E-state index in [0.717, 1.165) is 11.8 Å². The van der Waals surface area contributed by atoms with E-state index in [1.54, 1.807) is 24.3 Å². The molecule has 4 heteroatoms. The Bertz CT molecular complexity index is 864. The molecule has 3 nitrogen and oxygen atoms in total. The third-order valence-corrected chi connectivity index (χ3v) is 7.21. The van der Waals surface area contributed by atoms with Crippen LogP contribution in [-0.2, 0) is 0 Å². The minimum absolute atomic E-state index is 0.164. The number of esters is 1. The summed E-state index contributed by atoms with van der Waals surface area (Å²) in [4.78, 5) is 12.5. The normalized spacial score (nSPS) is 32.9. The SMILES string of the molecule is CC1(Oc2cc(C(=O)Oc3ccccc3)ccc2F)C2CC3CC(C2)CC1C3. The Morgan fingerprint density at radius 3 is 2.25 bits per heavy atom. The molecular weight excluding hydrogens is 355 g/mol. The van der Waals surface area contributed by atoms with Gasteiger partial charge in [0.05, 0.1) is 5.56 Å². The minimum Gasteiger partial charge on any atom is -0.484 e. The Hall–Kier alpha value is -2.36. The van der Waals surface area contributed by atoms with Crippen molar-refractivity contribution in [3.05, 3.63) is 59.9 Å². The number of hydrogen-bond acceptors (Lipinski definition) is 3. The van der Waals surface area contributed by atoms with Crippen molar-refractivity contribution in [1.82, 2.24) is 0 Å². The van der Waals surface area contributed by atoms with Gasteiger partial charge in [0, 0.05) is 0 Å². The largest absolute Gasteiger partial charge is 0.484 e. The summed E-state index contributed by atoms with van der Waals surface area (Å²) in [6, 6.07) is 13.1. The number of halogens is 1. The van der Waals surface area contributed by atoms with Gasteiger partial charge in [0.2, 0.25) is 0 Å². The zero-order valence-electron chi connectivity index (χ0n) is 16.1. The number of para-hydroxylation sites is 1. The van der Waals surface area contributed by atoms with E-state index in [1.807, 2.05) is 6.07 Å². The van der Waals surface area contributed by atoms with Crippen molar-refractivity contribution < 1.29 is 18.7 Å². The smallest absolute Gasteiger partial charge is 0.343 e. The molecule has 4 fully saturated rings. The highest BCUT2D eigenvalue weighted by molar-refractivity contribution is 5.91. The molecule has 0 aliphatic heterocycles. The maximum Gasteiger partial charge on any atom is 0.343 e. The van der Waals surface area contributed by atoms with E-state index in [4.69, 9.17) is 9.47 Å². The Morgan fingerprint density at radius 1 is 0.964 bits per heavy atom. The van der Waals surface area contributed by atoms with Crippen LogP contribution in [0.1, 0.15) is 49.4 Å². The zero-order valence-corrected chi connectivity index (χ0v) is 16.1. The van der Waals surface area contributed by atoms with Crippen molar-refractivity contribution in [2.24, 2.45) is 23.7 Å². The third kappa shape index (κ3) is 2.99. The van der Waals surface area contributed by atoms with Crippen molar-refractivity contribution in [3.63, 3.8) is 0 Å². The van der Waals surface area contributed by atoms with Crippen LogP contribution >= 0.6 is 0 Å². The Kier molecular flexibility index (Phi) is 4.18. The standard InChI is InChI=1S/C24H25FO3/c1-24(18-10-15-9-16(12-18)13-19(24)11-15)28-22-14-17(7-8-21(22)25)23(26)27-20-5-3-2-4-6-20/h2-8,14-16,18-19H,9-13H2,1H3. The molecule has 0 unspecified atom stereocenters. The predicted octanol–water partition coefficient (Wildman–Crippen LogP) is 5.64. The summed E-state index contributed by atoms with van der Waals surface area (Å²) in [6.45, 7) is 2.15. The fraction of sp³-hybridized carbons (Fsp3) is 0.458. The fourth-order valence-electron chi connectivity index (χ4n) is 5.89. The lowest BCUT2D eigenvalue weighted by Gasteiger charge is -2.59. The maximum absolute atomic E-state index is 14.6. The number of hydrogen-bond donors (Lipinski definition) is 0. The lowest BCUT2D eigenvalue weighted by Crippen LogP contribution is -2.59. The van der Waals surface area contributed by atoms with Gasteiger partial charge in [0.1, 0.15) is 11.4 Å². The van der Waals surface area contributed by atoms with E-state index in [2.05, 4.69) is 6.92 Å². The van der Waals surface area contributed by atoms with Gasteiger partial charge < -0.3 is 9.47 Å². The van der Waals surface area contributed by atoms with Gasteiger partial charge in [0.25, 0.3) is 0 Å². The molecule has 0 heterocycles. The summed E-state index contributed by atoms with van der Waals surface area (Å²) in [6.07, 6.45) is 6.09. The monoisotopic (exact) mass is 380 g/mol. The number of ether oxygens (including phenoxy) is 2. The van der Waals surface area contributed by atoms with Crippen LogP contribution in [0.4, 0.5) is 4.39 Å². The Balaban J connectivity index is 1.38. The average Bonchev–Trinajstić information content (AvgIpc) is 2.68. The second kappa shape index (κ2) is 6.61. The van der Waals surface area contributed by atoms with Gasteiger partial charge in [-0.25, -0.2) is 9.18 Å². The molecule has 2 aromatic carbocycles. The van der Waals surface area contributed by atoms with E-state index < -0.39 is 11.8 Å². The van der Waals surface area contributed by atoms with E-state index >= 15 is 0 Å². The average molecular weight is 380 g/mol. The second-order valence-electron chi connectivity index (χ2n) is 8.94. The molecule has 4 aliphatic carbocycles. The van der Waals surface area contributed by atoms with Gasteiger partial charge in [-0.05, 0) is 93.0 Å². The fourth-order valence-corrected chi connectivity index (χ4v) is 5.89. The first kappa shape index (κ1) is 17.7. The Morgan fingerprint density at radius 2 is 1.61 bits per heavy atom. The van der Waals surface area contributed by atoms with Gasteiger partial charge in [-0.2, -0.15) is 0 Å². The van der Waals surface area contributed by atoms with Crippen LogP contribution in [0.2, 0.25) is 0 Å². The molecule has 0 spiro atoms. The summed E-state index contributed by atoms with van der Waals surface area (Å²) < 4.78 is 26.3. The highest BCUT2D eigenvalue weighted by Gasteiger charge is 2.56. The minimum atomic E-state index is -0.508. The molecule has 0 aromatic heterocycles. The van der Waals surface area contributed by atoms with Crippen LogP contribution < -0.4 is 9.47 Å². The Labute approximate surface area is 164 Å². The number of rotatable bonds is 4. The summed E-state index contributed by atoms with van der Waals surface area (Å²) in [5, 5.41) is 0. The molecule has 2 aromatic rings. The summed E-state index contributed by atoms with van der Waals surface area (Å²) >= 11 is 0. The summed E-state index contributed by atoms with van der Waals surface area (Å²) in [5.41, 5.74) is -0.0522. The number of carbonyl (C=O) groups excluding carboxylic acids is 1. The predicted molar refractivity (Wildman–Crippen MR) is 104 cm³/mol. The van der Waals surface area contributed by atoms with Gasteiger partial charge >= 0.3 is 5.97 Å². The van der Waals surface area contributed by atoms with Crippen LogP contribution in [0.5, 0.6) is 11.5 Å². The molecule has 0 saturated heterocycles. The number of carbonyl (C=O) groups is 1. The molecule has 4 aliphatic rings. The lowest BCUT2D eigenvalue weighted by molar-refractivity contribution is -0.146. The molecule has 0 N–H and O–H groups in total. The quantitative estimate of drug-likeness (QED) is 0.509. The van der Waals surface area contributed by atoms with Crippen LogP contribution in [0.25, 0.3) is 0 Å². The first-order valence-electron chi connectivity index (χ1n) is 10.3. The second-order valence-corrected chi connectivity index (χ2v) is 8.94. The van der Waals surface area contributed by atoms with Crippen LogP contribution in [-0.4, -0.2) is 11.6 Å². The van der Waals surface area contributed by atoms with Crippen molar-refractivity contribution in [2.45, 2.75) is 44.6 Å². The number of benzene rings is 2. The van der Waals surface area contributed by atoms with Crippen LogP contribution in [0.15, 0.2) is 48.5 Å². The first-order chi connectivity index (χ1) is 13.5. The van der Waals surface area contributed by atoms with Crippen LogP contribution in [0, 0.1) is 29.5 Å². The lowest BCUT2D eigenvalue weighted by atomic mass is 9.50. The topological polar surface area (TPSA) is 35.5 Å². The van der Waals surface area contributed by atoms with Crippen molar-refractivity contribution in [1.29, 1.82) is 0 Å². The molecule has 4 bridgehead atoms. The molecule has 4 saturated carbocycles. The third-order valence-electron chi connectivity index (χ3n) is 7.21. The molecular formula is C24H25FO3. The van der Waals surface area contributed by atoms with Gasteiger partial charge in [-0.15, -0.1) is 0 Å². The molecule has 6 rings (SSSR count). The highest BCUT2D eigenvalue weighted by Crippen LogP contribution is 2.59. The van der Waals surface area contributed by atoms with Gasteiger partial charge in [-0.3, -0.25) is 0 Å². The van der Waals surface area contributed by atoms with Crippen molar-refractivity contribution >= 4 is 5.97 Å². The molecule has 146 valence electrons. The van der Waals surface area contributed by atoms with E-state index in [0.29, 0.717) is 23.1 Å². The van der Waals surface area contributed by atoms with E-state index in [-0.39, 0.29) is 11.4 Å². The maximum atomic E-state index is 14.6. The van der Waals surface area contributed by atoms with Crippen LogP contribution in [0.3, 0.4) is 0 Å². The highest BCUT2D eigenvalue weighted by atomic mass is 19.1.